The van der Waals surface area contributed by atoms with Gasteiger partial charge in [-0.15, -0.1) is 0 Å². The van der Waals surface area contributed by atoms with Crippen molar-refractivity contribution in [2.24, 2.45) is 0 Å². The van der Waals surface area contributed by atoms with E-state index in [4.69, 9.17) is 4.74 Å². The molecule has 1 unspecified atom stereocenters. The van der Waals surface area contributed by atoms with E-state index in [1.54, 1.807) is 54.6 Å². The molecule has 0 spiro atoms. The molecule has 3 rings (SSSR count). The van der Waals surface area contributed by atoms with E-state index in [1.165, 1.54) is 11.4 Å². The maximum atomic E-state index is 13.5. The molecule has 1 atom stereocenters. The molecule has 0 aliphatic carbocycles. The van der Waals surface area contributed by atoms with Crippen molar-refractivity contribution in [2.45, 2.75) is 17.4 Å². The third-order valence-corrected chi connectivity index (χ3v) is 7.14. The minimum absolute atomic E-state index is 0.0516. The third kappa shape index (κ3) is 5.51. The number of hydrogen-bond acceptors (Lipinski definition) is 6. The monoisotopic (exact) mass is 433 g/mol. The van der Waals surface area contributed by atoms with Crippen LogP contribution in [0.1, 0.15) is 6.42 Å². The summed E-state index contributed by atoms with van der Waals surface area (Å²) in [4.78, 5) is 4.65. The van der Waals surface area contributed by atoms with Crippen LogP contribution in [0.25, 0.3) is 0 Å². The van der Waals surface area contributed by atoms with Crippen LogP contribution in [-0.4, -0.2) is 82.9 Å². The number of hydrogen-bond donors (Lipinski definition) is 1. The van der Waals surface area contributed by atoms with Crippen LogP contribution in [0.5, 0.6) is 5.75 Å². The van der Waals surface area contributed by atoms with Crippen molar-refractivity contribution >= 4 is 15.7 Å². The molecule has 0 amide bonds. The van der Waals surface area contributed by atoms with Gasteiger partial charge in [0.05, 0.1) is 30.3 Å². The Hall–Kier alpha value is -2.13. The first-order valence-electron chi connectivity index (χ1n) is 10.2. The summed E-state index contributed by atoms with van der Waals surface area (Å²) in [6.07, 6.45) is 0.193. The van der Waals surface area contributed by atoms with Crippen LogP contribution in [0.4, 0.5) is 5.69 Å². The van der Waals surface area contributed by atoms with Gasteiger partial charge in [-0.3, -0.25) is 9.21 Å². The lowest BCUT2D eigenvalue weighted by atomic mass is 10.2. The normalized spacial score (nSPS) is 17.3. The van der Waals surface area contributed by atoms with Gasteiger partial charge in [-0.25, -0.2) is 8.42 Å². The first kappa shape index (κ1) is 22.6. The van der Waals surface area contributed by atoms with Crippen molar-refractivity contribution in [3.8, 4) is 5.75 Å². The van der Waals surface area contributed by atoms with Gasteiger partial charge in [-0.2, -0.15) is 0 Å². The molecule has 2 aromatic rings. The molecule has 1 aliphatic rings. The summed E-state index contributed by atoms with van der Waals surface area (Å²) in [6.45, 7) is 4.08. The largest absolute Gasteiger partial charge is 0.495 e. The van der Waals surface area contributed by atoms with Crippen LogP contribution in [0.15, 0.2) is 59.5 Å². The Morgan fingerprint density at radius 2 is 1.73 bits per heavy atom. The molecule has 0 bridgehead atoms. The number of ether oxygens (including phenoxy) is 1. The van der Waals surface area contributed by atoms with Crippen molar-refractivity contribution in [2.75, 3.05) is 57.7 Å². The number of aliphatic hydroxyl groups excluding tert-OH is 1. The molecular formula is C22H31N3O4S. The van der Waals surface area contributed by atoms with E-state index in [0.29, 0.717) is 18.0 Å². The Balaban J connectivity index is 1.86. The number of rotatable bonds is 8. The van der Waals surface area contributed by atoms with Gasteiger partial charge in [0.1, 0.15) is 5.75 Å². The number of benzene rings is 2. The summed E-state index contributed by atoms with van der Waals surface area (Å²) < 4.78 is 33.6. The number of aliphatic hydroxyl groups is 1. The van der Waals surface area contributed by atoms with E-state index >= 15 is 0 Å². The van der Waals surface area contributed by atoms with Crippen molar-refractivity contribution in [1.29, 1.82) is 0 Å². The maximum Gasteiger partial charge on any atom is 0.264 e. The minimum atomic E-state index is -3.87. The van der Waals surface area contributed by atoms with Gasteiger partial charge in [0.25, 0.3) is 10.0 Å². The molecule has 1 heterocycles. The van der Waals surface area contributed by atoms with E-state index in [-0.39, 0.29) is 11.4 Å². The quantitative estimate of drug-likeness (QED) is 0.685. The van der Waals surface area contributed by atoms with Gasteiger partial charge in [-0.1, -0.05) is 30.3 Å². The molecule has 8 heteroatoms. The Labute approximate surface area is 179 Å². The van der Waals surface area contributed by atoms with Gasteiger partial charge < -0.3 is 14.7 Å². The molecule has 7 nitrogen and oxygen atoms in total. The van der Waals surface area contributed by atoms with E-state index in [1.807, 2.05) is 0 Å². The SMILES string of the molecule is COc1ccccc1N(CC(O)CN1CCCN(C)CC1)S(=O)(=O)c1ccccc1. The first-order chi connectivity index (χ1) is 14.4. The van der Waals surface area contributed by atoms with E-state index in [2.05, 4.69) is 16.8 Å². The first-order valence-corrected chi connectivity index (χ1v) is 11.7. The lowest BCUT2D eigenvalue weighted by molar-refractivity contribution is 0.121. The molecule has 1 aliphatic heterocycles. The molecule has 0 radical (unpaired) electrons. The number of nitrogens with zero attached hydrogens (tertiary/aromatic N) is 3. The smallest absolute Gasteiger partial charge is 0.264 e. The molecule has 164 valence electrons. The third-order valence-electron chi connectivity index (χ3n) is 5.34. The Kier molecular flexibility index (Phi) is 7.71. The number of sulfonamides is 1. The van der Waals surface area contributed by atoms with E-state index < -0.39 is 16.1 Å². The Bertz CT molecular complexity index is 908. The predicted molar refractivity (Wildman–Crippen MR) is 119 cm³/mol. The molecule has 2 aromatic carbocycles. The van der Waals surface area contributed by atoms with Gasteiger partial charge in [-0.05, 0) is 50.8 Å². The minimum Gasteiger partial charge on any atom is -0.495 e. The zero-order valence-corrected chi connectivity index (χ0v) is 18.5. The molecular weight excluding hydrogens is 402 g/mol. The number of methoxy groups -OCH3 is 1. The summed E-state index contributed by atoms with van der Waals surface area (Å²) in [5, 5.41) is 10.9. The van der Waals surface area contributed by atoms with E-state index in [0.717, 1.165) is 32.6 Å². The second kappa shape index (κ2) is 10.3. The van der Waals surface area contributed by atoms with Gasteiger partial charge >= 0.3 is 0 Å². The van der Waals surface area contributed by atoms with Crippen molar-refractivity contribution in [1.82, 2.24) is 9.80 Å². The average molecular weight is 434 g/mol. The second-order valence-corrected chi connectivity index (χ2v) is 9.49. The molecule has 1 fully saturated rings. The zero-order chi connectivity index (χ0) is 21.6. The fraction of sp³-hybridized carbons (Fsp3) is 0.455. The number of β-amino-alcohol motifs (C(OH)–C–C–N with tert-alkyl or cyclic N) is 1. The molecule has 30 heavy (non-hydrogen) atoms. The fourth-order valence-corrected chi connectivity index (χ4v) is 5.24. The Morgan fingerprint density at radius 3 is 2.47 bits per heavy atom. The number of likely N-dealkylation sites (N-methyl/N-ethyl adjacent to an activating group) is 1. The summed E-state index contributed by atoms with van der Waals surface area (Å²) >= 11 is 0. The van der Waals surface area contributed by atoms with Crippen LogP contribution in [0, 0.1) is 0 Å². The predicted octanol–water partition coefficient (Wildman–Crippen LogP) is 1.89. The molecule has 0 aromatic heterocycles. The maximum absolute atomic E-state index is 13.5. The van der Waals surface area contributed by atoms with Crippen LogP contribution >= 0.6 is 0 Å². The van der Waals surface area contributed by atoms with Gasteiger partial charge in [0, 0.05) is 19.6 Å². The van der Waals surface area contributed by atoms with Gasteiger partial charge in [0.2, 0.25) is 0 Å². The second-order valence-electron chi connectivity index (χ2n) is 7.63. The van der Waals surface area contributed by atoms with Gasteiger partial charge in [0.15, 0.2) is 0 Å². The van der Waals surface area contributed by atoms with Crippen LogP contribution < -0.4 is 9.04 Å². The van der Waals surface area contributed by atoms with Crippen LogP contribution in [-0.2, 0) is 10.0 Å². The highest BCUT2D eigenvalue weighted by atomic mass is 32.2. The topological polar surface area (TPSA) is 73.3 Å². The van der Waals surface area contributed by atoms with Crippen LogP contribution in [0.2, 0.25) is 0 Å². The average Bonchev–Trinajstić information content (AvgIpc) is 2.96. The van der Waals surface area contributed by atoms with Crippen molar-refractivity contribution in [3.63, 3.8) is 0 Å². The summed E-state index contributed by atoms with van der Waals surface area (Å²) in [6, 6.07) is 15.3. The fourth-order valence-electron chi connectivity index (χ4n) is 3.71. The Morgan fingerprint density at radius 1 is 1.03 bits per heavy atom. The number of anilines is 1. The highest BCUT2D eigenvalue weighted by Gasteiger charge is 2.30. The highest BCUT2D eigenvalue weighted by molar-refractivity contribution is 7.92. The molecule has 1 N–H and O–H groups in total. The standard InChI is InChI=1S/C22H31N3O4S/c1-23-13-8-14-24(16-15-23)17-19(26)18-25(21-11-6-7-12-22(21)29-2)30(27,28)20-9-4-3-5-10-20/h3-7,9-12,19,26H,8,13-18H2,1-2H3. The summed E-state index contributed by atoms with van der Waals surface area (Å²) in [7, 11) is -0.269. The summed E-state index contributed by atoms with van der Waals surface area (Å²) in [5.74, 6) is 0.445. The molecule has 0 saturated carbocycles. The summed E-state index contributed by atoms with van der Waals surface area (Å²) in [5.41, 5.74) is 0.415. The zero-order valence-electron chi connectivity index (χ0n) is 17.6. The molecule has 1 saturated heterocycles. The lowest BCUT2D eigenvalue weighted by Gasteiger charge is -2.30. The van der Waals surface area contributed by atoms with E-state index in [9.17, 15) is 13.5 Å². The highest BCUT2D eigenvalue weighted by Crippen LogP contribution is 2.32. The van der Waals surface area contributed by atoms with Crippen molar-refractivity contribution in [3.05, 3.63) is 54.6 Å². The lowest BCUT2D eigenvalue weighted by Crippen LogP contribution is -2.43. The van der Waals surface area contributed by atoms with Crippen molar-refractivity contribution < 1.29 is 18.3 Å². The number of para-hydroxylation sites is 2. The van der Waals surface area contributed by atoms with Crippen LogP contribution in [0.3, 0.4) is 0 Å².